The third kappa shape index (κ3) is 6.25. The van der Waals surface area contributed by atoms with Crippen LogP contribution >= 0.6 is 0 Å². The molecule has 0 fully saturated rings. The first-order chi connectivity index (χ1) is 28.3. The van der Waals surface area contributed by atoms with Gasteiger partial charge >= 0.3 is 0 Å². The van der Waals surface area contributed by atoms with Gasteiger partial charge in [-0.2, -0.15) is 0 Å². The number of hydrogen-bond acceptors (Lipinski definition) is 3. The minimum atomic E-state index is -0.313. The van der Waals surface area contributed by atoms with Crippen molar-refractivity contribution in [3.8, 4) is 45.1 Å². The van der Waals surface area contributed by atoms with Gasteiger partial charge in [0, 0.05) is 55.6 Å². The van der Waals surface area contributed by atoms with E-state index in [2.05, 4.69) is 198 Å². The summed E-state index contributed by atoms with van der Waals surface area (Å²) in [5.74, 6) is 0.943. The average molecular weight is 963 g/mol. The van der Waals surface area contributed by atoms with Crippen molar-refractivity contribution < 1.29 is 26.2 Å². The van der Waals surface area contributed by atoms with Gasteiger partial charge in [-0.25, -0.2) is 4.98 Å². The van der Waals surface area contributed by atoms with Crippen LogP contribution in [0.5, 0.6) is 5.75 Å². The van der Waals surface area contributed by atoms with Crippen LogP contribution in [-0.4, -0.2) is 24.0 Å². The number of pyridine rings is 2. The van der Waals surface area contributed by atoms with Crippen molar-refractivity contribution in [2.45, 2.75) is 66.2 Å². The molecule has 0 spiro atoms. The molecule has 0 amide bonds. The molecule has 10 rings (SSSR count). The summed E-state index contributed by atoms with van der Waals surface area (Å²) in [7, 11) is 0. The fourth-order valence-corrected chi connectivity index (χ4v) is 8.98. The molecule has 0 saturated carbocycles. The summed E-state index contributed by atoms with van der Waals surface area (Å²) in [4.78, 5) is 10.7. The number of phenols is 1. The van der Waals surface area contributed by atoms with Gasteiger partial charge in [0.05, 0.1) is 22.3 Å². The van der Waals surface area contributed by atoms with E-state index in [1.165, 1.54) is 10.9 Å². The molecule has 0 aliphatic carbocycles. The van der Waals surface area contributed by atoms with Crippen LogP contribution in [0.1, 0.15) is 63.8 Å². The second-order valence-corrected chi connectivity index (χ2v) is 18.2. The summed E-state index contributed by atoms with van der Waals surface area (Å²) >= 11 is 0. The van der Waals surface area contributed by atoms with Crippen LogP contribution in [-0.2, 0) is 31.9 Å². The van der Waals surface area contributed by atoms with Gasteiger partial charge in [-0.15, -0.1) is 17.7 Å². The Kier molecular flexibility index (Phi) is 9.41. The SMILES string of the molecule is Cc1ccc(-n2c(-c3cc(C(C)(C)C)cc(C(C)(C)C)c3O)nc3c(-c4[c-]c5c6ncc7ccccc7c6c6cccn6c5c(C)c4)cccc32)c(-c2ccccc2)c1.[Pt]. The normalized spacial score (nSPS) is 12.3. The Labute approximate surface area is 365 Å². The number of benzene rings is 6. The molecule has 0 aliphatic heterocycles. The van der Waals surface area contributed by atoms with Gasteiger partial charge in [0.15, 0.2) is 0 Å². The molecule has 0 aliphatic rings. The molecular formula is C54H47N4OPt-. The predicted molar refractivity (Wildman–Crippen MR) is 246 cm³/mol. The van der Waals surface area contributed by atoms with E-state index in [1.807, 2.05) is 6.20 Å². The van der Waals surface area contributed by atoms with Crippen molar-refractivity contribution in [2.24, 2.45) is 0 Å². The second-order valence-electron chi connectivity index (χ2n) is 18.2. The number of hydrogen-bond donors (Lipinski definition) is 1. The maximum Gasteiger partial charge on any atom is 0.148 e. The Hall–Kier alpha value is -6.03. The monoisotopic (exact) mass is 962 g/mol. The Morgan fingerprint density at radius 1 is 0.667 bits per heavy atom. The Morgan fingerprint density at radius 3 is 2.18 bits per heavy atom. The van der Waals surface area contributed by atoms with E-state index >= 15 is 0 Å². The number of fused-ring (bicyclic) bond motifs is 9. The van der Waals surface area contributed by atoms with Crippen LogP contribution in [0.4, 0.5) is 0 Å². The number of phenolic OH excluding ortho intramolecular Hbond substituents is 1. The van der Waals surface area contributed by atoms with Crippen LogP contribution in [0, 0.1) is 19.9 Å². The first-order valence-corrected chi connectivity index (χ1v) is 20.5. The van der Waals surface area contributed by atoms with Crippen molar-refractivity contribution in [3.63, 3.8) is 0 Å². The summed E-state index contributed by atoms with van der Waals surface area (Å²) in [6, 6.07) is 46.8. The fraction of sp³-hybridized carbons (Fsp3) is 0.185. The van der Waals surface area contributed by atoms with E-state index in [-0.39, 0.29) is 37.6 Å². The zero-order valence-electron chi connectivity index (χ0n) is 35.3. The first kappa shape index (κ1) is 39.4. The second kappa shape index (κ2) is 14.3. The van der Waals surface area contributed by atoms with Crippen LogP contribution in [0.15, 0.2) is 134 Å². The number of rotatable bonds is 4. The molecule has 5 nitrogen and oxygen atoms in total. The molecule has 300 valence electrons. The molecule has 0 saturated heterocycles. The van der Waals surface area contributed by atoms with E-state index in [1.54, 1.807) is 0 Å². The smallest absolute Gasteiger partial charge is 0.148 e. The van der Waals surface area contributed by atoms with E-state index in [0.29, 0.717) is 11.4 Å². The molecule has 1 N–H and O–H groups in total. The van der Waals surface area contributed by atoms with Crippen molar-refractivity contribution in [1.29, 1.82) is 0 Å². The molecule has 0 radical (unpaired) electrons. The summed E-state index contributed by atoms with van der Waals surface area (Å²) in [6.45, 7) is 17.5. The van der Waals surface area contributed by atoms with Gasteiger partial charge in [-0.1, -0.05) is 149 Å². The van der Waals surface area contributed by atoms with Crippen molar-refractivity contribution in [3.05, 3.63) is 162 Å². The molecule has 0 unspecified atom stereocenters. The zero-order chi connectivity index (χ0) is 41.0. The van der Waals surface area contributed by atoms with Crippen molar-refractivity contribution >= 4 is 49.1 Å². The Balaban J connectivity index is 0.00000462. The van der Waals surface area contributed by atoms with Crippen molar-refractivity contribution in [1.82, 2.24) is 18.9 Å². The molecule has 4 heterocycles. The number of aryl methyl sites for hydroxylation is 2. The van der Waals surface area contributed by atoms with Crippen LogP contribution < -0.4 is 0 Å². The van der Waals surface area contributed by atoms with Gasteiger partial charge in [-0.05, 0) is 87.0 Å². The number of aromatic hydroxyl groups is 1. The topological polar surface area (TPSA) is 55.3 Å². The van der Waals surface area contributed by atoms with Gasteiger partial charge in [0.1, 0.15) is 11.6 Å². The number of nitrogens with zero attached hydrogens (tertiary/aromatic N) is 4. The third-order valence-electron chi connectivity index (χ3n) is 12.0. The van der Waals surface area contributed by atoms with E-state index in [0.717, 1.165) is 88.4 Å². The zero-order valence-corrected chi connectivity index (χ0v) is 37.5. The number of aromatic nitrogens is 4. The van der Waals surface area contributed by atoms with Crippen molar-refractivity contribution in [2.75, 3.05) is 0 Å². The van der Waals surface area contributed by atoms with E-state index in [9.17, 15) is 5.11 Å². The molecule has 0 atom stereocenters. The molecule has 0 bridgehead atoms. The Morgan fingerprint density at radius 2 is 1.42 bits per heavy atom. The molecule has 4 aromatic heterocycles. The molecule has 60 heavy (non-hydrogen) atoms. The Bertz CT molecular complexity index is 3320. The van der Waals surface area contributed by atoms with Crippen LogP contribution in [0.2, 0.25) is 0 Å². The van der Waals surface area contributed by atoms with Gasteiger partial charge in [0.25, 0.3) is 0 Å². The minimum Gasteiger partial charge on any atom is -0.507 e. The summed E-state index contributed by atoms with van der Waals surface area (Å²) in [6.07, 6.45) is 4.13. The van der Waals surface area contributed by atoms with Gasteiger partial charge in [0.2, 0.25) is 0 Å². The maximum absolute atomic E-state index is 12.4. The standard InChI is InChI=1S/C54H47N4O.Pt/c1-32-23-24-44(40(26-32)34-16-10-9-11-17-34)58-46-21-14-20-39(48(46)56-52(58)42-29-37(53(3,4)5)30-43(51(42)59)54(6,7)8)36-27-33(2)50-41(28-36)49-47(45-22-15-25-57(45)50)38-19-13-12-18-35(38)31-55-49;/h9-27,29-31,59H,1-8H3;/q-1;. The average Bonchev–Trinajstić information content (AvgIpc) is 3.86. The molecule has 6 heteroatoms. The predicted octanol–water partition coefficient (Wildman–Crippen LogP) is 13.8. The van der Waals surface area contributed by atoms with Crippen LogP contribution in [0.3, 0.4) is 0 Å². The number of para-hydroxylation sites is 1. The van der Waals surface area contributed by atoms with Gasteiger partial charge < -0.3 is 9.51 Å². The number of imidazole rings is 1. The maximum atomic E-state index is 12.4. The molecule has 6 aromatic carbocycles. The van der Waals surface area contributed by atoms with Gasteiger partial charge in [-0.3, -0.25) is 9.55 Å². The molecule has 10 aromatic rings. The van der Waals surface area contributed by atoms with E-state index in [4.69, 9.17) is 9.97 Å². The van der Waals surface area contributed by atoms with E-state index < -0.39 is 0 Å². The molecular weight excluding hydrogens is 916 g/mol. The largest absolute Gasteiger partial charge is 0.507 e. The first-order valence-electron chi connectivity index (χ1n) is 20.5. The van der Waals surface area contributed by atoms with Crippen LogP contribution in [0.25, 0.3) is 88.5 Å². The summed E-state index contributed by atoms with van der Waals surface area (Å²) in [5, 5.41) is 16.8. The summed E-state index contributed by atoms with van der Waals surface area (Å²) in [5.41, 5.74) is 14.6. The quantitative estimate of drug-likeness (QED) is 0.141. The third-order valence-corrected chi connectivity index (χ3v) is 12.0. The minimum absolute atomic E-state index is 0. The fourth-order valence-electron chi connectivity index (χ4n) is 8.98. The summed E-state index contributed by atoms with van der Waals surface area (Å²) < 4.78 is 4.55.